The molecule has 1 amide bonds. The summed E-state index contributed by atoms with van der Waals surface area (Å²) in [6, 6.07) is 0.997. The summed E-state index contributed by atoms with van der Waals surface area (Å²) in [7, 11) is 0. The van der Waals surface area contributed by atoms with Gasteiger partial charge in [0.05, 0.1) is 22.5 Å². The van der Waals surface area contributed by atoms with Gasteiger partial charge in [-0.25, -0.2) is 4.98 Å². The van der Waals surface area contributed by atoms with E-state index >= 15 is 0 Å². The lowest BCUT2D eigenvalue weighted by Crippen LogP contribution is -2.53. The molecule has 1 atom stereocenters. The molecule has 32 heavy (non-hydrogen) atoms. The van der Waals surface area contributed by atoms with E-state index in [4.69, 9.17) is 17.3 Å². The van der Waals surface area contributed by atoms with Crippen molar-refractivity contribution >= 4 is 35.1 Å². The lowest BCUT2D eigenvalue weighted by atomic mass is 9.80. The molecular formula is C21H29ClF3N5OS. The summed E-state index contributed by atoms with van der Waals surface area (Å²) in [6.45, 7) is 3.76. The Kier molecular flexibility index (Phi) is 7.43. The van der Waals surface area contributed by atoms with Gasteiger partial charge >= 0.3 is 6.18 Å². The SMILES string of the molecule is NC(C(=O)N1CCSC1)C1CCC(N2CCN(c3ncc(C(F)(F)F)cc3Cl)CC2)CC1. The van der Waals surface area contributed by atoms with E-state index < -0.39 is 17.8 Å². The fourth-order valence-electron chi connectivity index (χ4n) is 4.94. The maximum Gasteiger partial charge on any atom is 0.417 e. The molecule has 1 aliphatic carbocycles. The third-order valence-electron chi connectivity index (χ3n) is 6.88. The normalized spacial score (nSPS) is 26.4. The van der Waals surface area contributed by atoms with Gasteiger partial charge in [0.15, 0.2) is 0 Å². The van der Waals surface area contributed by atoms with E-state index in [1.807, 2.05) is 9.80 Å². The van der Waals surface area contributed by atoms with Gasteiger partial charge in [0.25, 0.3) is 0 Å². The molecular weight excluding hydrogens is 463 g/mol. The lowest BCUT2D eigenvalue weighted by Gasteiger charge is -2.43. The van der Waals surface area contributed by atoms with Crippen LogP contribution in [-0.2, 0) is 11.0 Å². The minimum absolute atomic E-state index is 0.0313. The van der Waals surface area contributed by atoms with Crippen molar-refractivity contribution in [1.82, 2.24) is 14.8 Å². The Morgan fingerprint density at radius 1 is 1.16 bits per heavy atom. The number of alkyl halides is 3. The quantitative estimate of drug-likeness (QED) is 0.697. The molecule has 3 fully saturated rings. The number of thioether (sulfide) groups is 1. The topological polar surface area (TPSA) is 65.7 Å². The Balaban J connectivity index is 1.26. The zero-order valence-electron chi connectivity index (χ0n) is 17.9. The van der Waals surface area contributed by atoms with Gasteiger partial charge in [0.2, 0.25) is 5.91 Å². The van der Waals surface area contributed by atoms with Crippen molar-refractivity contribution in [2.24, 2.45) is 11.7 Å². The fraction of sp³-hybridized carbons (Fsp3) is 0.714. The van der Waals surface area contributed by atoms with Crippen LogP contribution in [0, 0.1) is 5.92 Å². The van der Waals surface area contributed by atoms with Crippen molar-refractivity contribution in [2.45, 2.75) is 43.9 Å². The Bertz CT molecular complexity index is 807. The van der Waals surface area contributed by atoms with Crippen LogP contribution in [0.25, 0.3) is 0 Å². The monoisotopic (exact) mass is 491 g/mol. The van der Waals surface area contributed by atoms with Crippen LogP contribution in [0.5, 0.6) is 0 Å². The number of hydrogen-bond acceptors (Lipinski definition) is 6. The Hall–Kier alpha value is -1.23. The van der Waals surface area contributed by atoms with Crippen LogP contribution < -0.4 is 10.6 Å². The van der Waals surface area contributed by atoms with Crippen LogP contribution in [0.4, 0.5) is 19.0 Å². The average Bonchev–Trinajstić information content (AvgIpc) is 3.33. The highest BCUT2D eigenvalue weighted by molar-refractivity contribution is 7.99. The summed E-state index contributed by atoms with van der Waals surface area (Å²) in [6.07, 6.45) is 0.322. The zero-order chi connectivity index (χ0) is 22.9. The second-order valence-corrected chi connectivity index (χ2v) is 10.3. The number of halogens is 4. The molecule has 2 saturated heterocycles. The van der Waals surface area contributed by atoms with Gasteiger partial charge in [-0.3, -0.25) is 9.69 Å². The first-order valence-electron chi connectivity index (χ1n) is 11.1. The Labute approximate surface area is 195 Å². The number of amides is 1. The number of rotatable bonds is 4. The van der Waals surface area contributed by atoms with Gasteiger partial charge in [0, 0.05) is 50.7 Å². The number of nitrogens with zero attached hydrogens (tertiary/aromatic N) is 4. The standard InChI is InChI=1S/C21H29ClF3N5OS/c22-17-11-15(21(23,24)25)12-27-19(17)29-7-5-28(6-8-29)16-3-1-14(2-4-16)18(26)20(31)30-9-10-32-13-30/h11-12,14,16,18H,1-10,13,26H2. The summed E-state index contributed by atoms with van der Waals surface area (Å²) < 4.78 is 38.6. The van der Waals surface area contributed by atoms with E-state index in [9.17, 15) is 18.0 Å². The summed E-state index contributed by atoms with van der Waals surface area (Å²) >= 11 is 7.88. The number of pyridine rings is 1. The molecule has 1 aromatic rings. The smallest absolute Gasteiger partial charge is 0.353 e. The molecule has 0 radical (unpaired) electrons. The van der Waals surface area contributed by atoms with Gasteiger partial charge in [-0.2, -0.15) is 13.2 Å². The van der Waals surface area contributed by atoms with Gasteiger partial charge in [-0.05, 0) is 37.7 Å². The second kappa shape index (κ2) is 9.95. The second-order valence-electron chi connectivity index (χ2n) is 8.78. The van der Waals surface area contributed by atoms with Gasteiger partial charge in [-0.1, -0.05) is 11.6 Å². The van der Waals surface area contributed by atoms with Crippen molar-refractivity contribution in [3.63, 3.8) is 0 Å². The molecule has 0 bridgehead atoms. The molecule has 3 heterocycles. The van der Waals surface area contributed by atoms with Gasteiger partial charge in [-0.15, -0.1) is 11.8 Å². The van der Waals surface area contributed by atoms with Crippen molar-refractivity contribution < 1.29 is 18.0 Å². The van der Waals surface area contributed by atoms with Crippen molar-refractivity contribution in [1.29, 1.82) is 0 Å². The fourth-order valence-corrected chi connectivity index (χ4v) is 6.18. The molecule has 1 aromatic heterocycles. The third kappa shape index (κ3) is 5.29. The van der Waals surface area contributed by atoms with E-state index in [0.717, 1.165) is 69.2 Å². The molecule has 11 heteroatoms. The molecule has 1 unspecified atom stereocenters. The van der Waals surface area contributed by atoms with E-state index in [-0.39, 0.29) is 16.8 Å². The van der Waals surface area contributed by atoms with Crippen LogP contribution in [0.1, 0.15) is 31.2 Å². The highest BCUT2D eigenvalue weighted by Crippen LogP contribution is 2.35. The highest BCUT2D eigenvalue weighted by Gasteiger charge is 2.36. The summed E-state index contributed by atoms with van der Waals surface area (Å²) in [5.74, 6) is 2.48. The molecule has 0 spiro atoms. The van der Waals surface area contributed by atoms with Crippen molar-refractivity contribution in [3.05, 3.63) is 22.8 Å². The van der Waals surface area contributed by atoms with Crippen LogP contribution in [0.2, 0.25) is 5.02 Å². The van der Waals surface area contributed by atoms with Gasteiger partial charge in [0.1, 0.15) is 5.82 Å². The lowest BCUT2D eigenvalue weighted by molar-refractivity contribution is -0.137. The predicted molar refractivity (Wildman–Crippen MR) is 121 cm³/mol. The highest BCUT2D eigenvalue weighted by atomic mass is 35.5. The van der Waals surface area contributed by atoms with Crippen LogP contribution in [0.3, 0.4) is 0 Å². The van der Waals surface area contributed by atoms with Gasteiger partial charge < -0.3 is 15.5 Å². The number of hydrogen-bond donors (Lipinski definition) is 1. The van der Waals surface area contributed by atoms with Crippen molar-refractivity contribution in [3.8, 4) is 0 Å². The number of nitrogens with two attached hydrogens (primary N) is 1. The third-order valence-corrected chi connectivity index (χ3v) is 8.12. The van der Waals surface area contributed by atoms with Crippen molar-refractivity contribution in [2.75, 3.05) is 49.3 Å². The molecule has 2 N–H and O–H groups in total. The minimum atomic E-state index is -4.45. The van der Waals surface area contributed by atoms with E-state index in [2.05, 4.69) is 9.88 Å². The van der Waals surface area contributed by atoms with E-state index in [1.54, 1.807) is 11.8 Å². The number of anilines is 1. The first-order chi connectivity index (χ1) is 15.2. The number of carbonyl (C=O) groups excluding carboxylic acids is 1. The maximum absolute atomic E-state index is 12.9. The Morgan fingerprint density at radius 3 is 2.41 bits per heavy atom. The number of piperazine rings is 1. The van der Waals surface area contributed by atoms with E-state index in [0.29, 0.717) is 24.9 Å². The minimum Gasteiger partial charge on any atom is -0.353 e. The Morgan fingerprint density at radius 2 is 1.84 bits per heavy atom. The molecule has 1 saturated carbocycles. The summed E-state index contributed by atoms with van der Waals surface area (Å²) in [5, 5.41) is 0.0313. The first-order valence-corrected chi connectivity index (χ1v) is 12.6. The summed E-state index contributed by atoms with van der Waals surface area (Å²) in [4.78, 5) is 22.9. The van der Waals surface area contributed by atoms with Crippen LogP contribution in [-0.4, -0.2) is 77.1 Å². The molecule has 0 aromatic carbocycles. The molecule has 2 aliphatic heterocycles. The predicted octanol–water partition coefficient (Wildman–Crippen LogP) is 3.29. The zero-order valence-corrected chi connectivity index (χ0v) is 19.4. The number of carbonyl (C=O) groups is 1. The number of aromatic nitrogens is 1. The molecule has 178 valence electrons. The maximum atomic E-state index is 12.9. The van der Waals surface area contributed by atoms with Crippen LogP contribution >= 0.6 is 23.4 Å². The largest absolute Gasteiger partial charge is 0.417 e. The molecule has 4 rings (SSSR count). The average molecular weight is 492 g/mol. The molecule has 6 nitrogen and oxygen atoms in total. The summed E-state index contributed by atoms with van der Waals surface area (Å²) in [5.41, 5.74) is 5.49. The first kappa shape index (κ1) is 23.9. The van der Waals surface area contributed by atoms with Crippen LogP contribution in [0.15, 0.2) is 12.3 Å². The molecule has 3 aliphatic rings. The van der Waals surface area contributed by atoms with E-state index in [1.165, 1.54) is 0 Å².